The first-order valence-electron chi connectivity index (χ1n) is 14.1. The number of ketones is 2. The number of carbonyl (C=O) groups excluding carboxylic acids is 3. The molecule has 3 fully saturated rings. The van der Waals surface area contributed by atoms with Gasteiger partial charge in [-0.3, -0.25) is 9.59 Å². The summed E-state index contributed by atoms with van der Waals surface area (Å²) < 4.78 is 5.02. The molecule has 8 atom stereocenters. The van der Waals surface area contributed by atoms with E-state index >= 15 is 0 Å². The number of nitrogens with one attached hydrogen (secondary N) is 1. The van der Waals surface area contributed by atoms with Crippen LogP contribution in [-0.4, -0.2) is 42.0 Å². The minimum absolute atomic E-state index is 0.0117. The fourth-order valence-corrected chi connectivity index (χ4v) is 9.76. The third kappa shape index (κ3) is 3.51. The second kappa shape index (κ2) is 8.52. The van der Waals surface area contributed by atoms with E-state index in [0.29, 0.717) is 0 Å². The van der Waals surface area contributed by atoms with Crippen molar-refractivity contribution < 1.29 is 24.2 Å². The highest BCUT2D eigenvalue weighted by Gasteiger charge is 2.66. The summed E-state index contributed by atoms with van der Waals surface area (Å²) in [5.74, 6) is -0.477. The van der Waals surface area contributed by atoms with E-state index in [0.717, 1.165) is 50.5 Å². The fraction of sp³-hybridized carbons (Fsp3) is 0.742. The maximum absolute atomic E-state index is 14.2. The number of alkyl carbamates (subject to hydrolysis) is 1. The predicted molar refractivity (Wildman–Crippen MR) is 142 cm³/mol. The molecule has 0 aromatic heterocycles. The molecule has 0 heterocycles. The van der Waals surface area contributed by atoms with Crippen molar-refractivity contribution in [2.24, 2.45) is 45.3 Å². The first-order chi connectivity index (χ1) is 17.7. The molecular weight excluding hydrogens is 480 g/mol. The van der Waals surface area contributed by atoms with Crippen LogP contribution in [-0.2, 0) is 14.3 Å². The van der Waals surface area contributed by atoms with Gasteiger partial charge >= 0.3 is 6.09 Å². The number of amides is 1. The van der Waals surface area contributed by atoms with Gasteiger partial charge in [0, 0.05) is 16.9 Å². The van der Waals surface area contributed by atoms with E-state index in [1.807, 2.05) is 6.08 Å². The van der Waals surface area contributed by atoms with E-state index in [1.54, 1.807) is 13.0 Å². The van der Waals surface area contributed by atoms with Crippen molar-refractivity contribution in [3.05, 3.63) is 23.3 Å². The maximum Gasteiger partial charge on any atom is 0.407 e. The molecule has 5 rings (SSSR count). The summed E-state index contributed by atoms with van der Waals surface area (Å²) in [5.41, 5.74) is -1.31. The monoisotopic (exact) mass is 522 g/mol. The Bertz CT molecular complexity index is 1200. The van der Waals surface area contributed by atoms with Crippen LogP contribution in [0.25, 0.3) is 0 Å². The van der Waals surface area contributed by atoms with E-state index in [9.17, 15) is 24.8 Å². The van der Waals surface area contributed by atoms with Gasteiger partial charge in [-0.2, -0.15) is 5.26 Å². The van der Waals surface area contributed by atoms with Gasteiger partial charge in [-0.1, -0.05) is 39.3 Å². The molecule has 7 heteroatoms. The number of carbonyl (C=O) groups is 3. The van der Waals surface area contributed by atoms with Crippen LogP contribution in [0.1, 0.15) is 79.6 Å². The molecule has 0 aromatic rings. The third-order valence-corrected chi connectivity index (χ3v) is 11.8. The zero-order valence-corrected chi connectivity index (χ0v) is 23.6. The lowest BCUT2D eigenvalue weighted by Crippen LogP contribution is -2.66. The molecule has 0 radical (unpaired) electrons. The average molecular weight is 523 g/mol. The Labute approximate surface area is 226 Å². The van der Waals surface area contributed by atoms with Crippen LogP contribution in [0.5, 0.6) is 0 Å². The van der Waals surface area contributed by atoms with E-state index in [4.69, 9.17) is 4.74 Å². The summed E-state index contributed by atoms with van der Waals surface area (Å²) in [6.45, 7) is 10.3. The van der Waals surface area contributed by atoms with Crippen LogP contribution in [0.2, 0.25) is 0 Å². The number of methoxy groups -OCH3 is 1. The molecule has 0 aliphatic heterocycles. The molecule has 5 aliphatic carbocycles. The molecular formula is C31H42N2O5. The molecule has 7 nitrogen and oxygen atoms in total. The number of ether oxygens (including phenoxy) is 1. The Hall–Kier alpha value is -2.46. The summed E-state index contributed by atoms with van der Waals surface area (Å²) in [4.78, 5) is 39.9. The highest BCUT2D eigenvalue weighted by Crippen LogP contribution is 2.69. The van der Waals surface area contributed by atoms with Gasteiger partial charge in [0.25, 0.3) is 0 Å². The number of hydrogen-bond acceptors (Lipinski definition) is 6. The van der Waals surface area contributed by atoms with Gasteiger partial charge in [-0.25, -0.2) is 4.79 Å². The van der Waals surface area contributed by atoms with E-state index in [-0.39, 0.29) is 58.2 Å². The van der Waals surface area contributed by atoms with Crippen LogP contribution in [0.4, 0.5) is 4.79 Å². The van der Waals surface area contributed by atoms with Crippen molar-refractivity contribution in [1.82, 2.24) is 5.32 Å². The molecule has 0 aromatic carbocycles. The van der Waals surface area contributed by atoms with E-state index in [1.165, 1.54) is 7.11 Å². The first kappa shape index (κ1) is 27.1. The van der Waals surface area contributed by atoms with Crippen molar-refractivity contribution >= 4 is 17.7 Å². The zero-order valence-electron chi connectivity index (χ0n) is 23.6. The standard InChI is InChI=1S/C31H42N2O5/c1-27(2)11-12-31(33-26(37)38-6)10-7-19-24(20(31)15-27)21(35)13-23-28(19,3)9-8-22-29(23,4)14-18(16-32)25(36)30(22,5)17-34/h13-14,19-20,22,24,34H,7-12,15,17H2,1-6H3,(H,33,37)/t19?,20?,22?,24?,28-,29-,30-,31+/m0/s1. The number of rotatable bonds is 2. The largest absolute Gasteiger partial charge is 0.453 e. The number of fused-ring (bicyclic) bond motifs is 7. The summed E-state index contributed by atoms with van der Waals surface area (Å²) >= 11 is 0. The van der Waals surface area contributed by atoms with Crippen LogP contribution in [0.15, 0.2) is 23.3 Å². The average Bonchev–Trinajstić information content (AvgIpc) is 2.87. The molecule has 1 amide bonds. The number of hydrogen-bond donors (Lipinski definition) is 2. The van der Waals surface area contributed by atoms with Crippen LogP contribution in [0.3, 0.4) is 0 Å². The Morgan fingerprint density at radius 3 is 2.45 bits per heavy atom. The highest BCUT2D eigenvalue weighted by molar-refractivity contribution is 6.05. The minimum Gasteiger partial charge on any atom is -0.453 e. The van der Waals surface area contributed by atoms with E-state index < -0.39 is 22.5 Å². The van der Waals surface area contributed by atoms with Gasteiger partial charge < -0.3 is 15.2 Å². The first-order valence-corrected chi connectivity index (χ1v) is 14.1. The van der Waals surface area contributed by atoms with Gasteiger partial charge in [0.05, 0.1) is 24.7 Å². The Kier molecular flexibility index (Phi) is 6.08. The molecule has 5 aliphatic rings. The van der Waals surface area contributed by atoms with Crippen molar-refractivity contribution in [2.45, 2.75) is 85.1 Å². The minimum atomic E-state index is -1.06. The van der Waals surface area contributed by atoms with Crippen molar-refractivity contribution in [2.75, 3.05) is 13.7 Å². The molecule has 206 valence electrons. The lowest BCUT2D eigenvalue weighted by atomic mass is 9.39. The number of aliphatic hydroxyl groups excluding tert-OH is 1. The maximum atomic E-state index is 14.2. The summed E-state index contributed by atoms with van der Waals surface area (Å²) in [7, 11) is 1.39. The molecule has 0 spiro atoms. The molecule has 2 N–H and O–H groups in total. The van der Waals surface area contributed by atoms with Crippen molar-refractivity contribution in [3.8, 4) is 6.07 Å². The van der Waals surface area contributed by atoms with Crippen molar-refractivity contribution in [3.63, 3.8) is 0 Å². The van der Waals surface area contributed by atoms with Gasteiger partial charge in [-0.05, 0) is 86.5 Å². The number of nitriles is 1. The number of aliphatic hydroxyl groups is 1. The molecule has 3 saturated carbocycles. The highest BCUT2D eigenvalue weighted by atomic mass is 16.5. The van der Waals surface area contributed by atoms with Crippen LogP contribution in [0, 0.1) is 56.7 Å². The second-order valence-electron chi connectivity index (χ2n) is 14.2. The summed E-state index contributed by atoms with van der Waals surface area (Å²) in [6, 6.07) is 2.09. The van der Waals surface area contributed by atoms with Crippen LogP contribution >= 0.6 is 0 Å². The predicted octanol–water partition coefficient (Wildman–Crippen LogP) is 4.90. The molecule has 38 heavy (non-hydrogen) atoms. The van der Waals surface area contributed by atoms with Gasteiger partial charge in [0.15, 0.2) is 11.6 Å². The Morgan fingerprint density at radius 1 is 1.11 bits per heavy atom. The van der Waals surface area contributed by atoms with Gasteiger partial charge in [0.2, 0.25) is 0 Å². The lowest BCUT2D eigenvalue weighted by Gasteiger charge is -2.65. The Morgan fingerprint density at radius 2 is 1.82 bits per heavy atom. The van der Waals surface area contributed by atoms with Gasteiger partial charge in [0.1, 0.15) is 6.07 Å². The fourth-order valence-electron chi connectivity index (χ4n) is 9.76. The lowest BCUT2D eigenvalue weighted by molar-refractivity contribution is -0.144. The normalized spacial score (nSPS) is 45.2. The molecule has 4 unspecified atom stereocenters. The zero-order chi connectivity index (χ0) is 27.9. The third-order valence-electron chi connectivity index (χ3n) is 11.8. The topological polar surface area (TPSA) is 116 Å². The van der Waals surface area contributed by atoms with E-state index in [2.05, 4.69) is 39.1 Å². The van der Waals surface area contributed by atoms with Crippen molar-refractivity contribution in [1.29, 1.82) is 5.26 Å². The molecule has 0 saturated heterocycles. The molecule has 0 bridgehead atoms. The summed E-state index contributed by atoms with van der Waals surface area (Å²) in [6.07, 6.45) is 9.03. The quantitative estimate of drug-likeness (QED) is 0.533. The Balaban J connectivity index is 1.64. The smallest absolute Gasteiger partial charge is 0.407 e. The number of nitrogens with zero attached hydrogens (tertiary/aromatic N) is 1. The summed E-state index contributed by atoms with van der Waals surface area (Å²) in [5, 5.41) is 23.4. The number of Topliss-reactive ketones (excluding diaryl/α,β-unsaturated/α-hetero) is 1. The van der Waals surface area contributed by atoms with Gasteiger partial charge in [-0.15, -0.1) is 0 Å². The SMILES string of the molecule is COC(=O)N[C@@]12CCC3C(C(=O)C=C4[C@@]5(C)C=C(C#N)C(=O)[C@@](C)(CO)C5CC[C@]43C)C1CC(C)(C)CC2. The second-order valence-corrected chi connectivity index (χ2v) is 14.2. The van der Waals surface area contributed by atoms with Crippen LogP contribution < -0.4 is 5.32 Å². The number of allylic oxidation sites excluding steroid dienone is 4.